The van der Waals surface area contributed by atoms with E-state index in [1.807, 2.05) is 0 Å². The molecule has 0 unspecified atom stereocenters. The van der Waals surface area contributed by atoms with E-state index in [-0.39, 0.29) is 16.8 Å². The van der Waals surface area contributed by atoms with Crippen LogP contribution in [-0.2, 0) is 0 Å². The van der Waals surface area contributed by atoms with Crippen LogP contribution in [0.15, 0.2) is 30.6 Å². The van der Waals surface area contributed by atoms with Crippen LogP contribution < -0.4 is 5.73 Å². The summed E-state index contributed by atoms with van der Waals surface area (Å²) < 4.78 is 1.31. The second kappa shape index (κ2) is 4.58. The number of nitrogens with two attached hydrogens (primary N) is 1. The van der Waals surface area contributed by atoms with E-state index in [2.05, 4.69) is 5.10 Å². The smallest absolute Gasteiger partial charge is 0.287 e. The van der Waals surface area contributed by atoms with Crippen LogP contribution in [0, 0.1) is 21.4 Å². The molecule has 0 aliphatic rings. The summed E-state index contributed by atoms with van der Waals surface area (Å²) >= 11 is 0. The first-order valence-electron chi connectivity index (χ1n) is 5.06. The Morgan fingerprint density at radius 3 is 2.79 bits per heavy atom. The molecule has 1 aromatic heterocycles. The van der Waals surface area contributed by atoms with Gasteiger partial charge in [-0.05, 0) is 12.1 Å². The quantitative estimate of drug-likeness (QED) is 0.640. The van der Waals surface area contributed by atoms with Crippen LogP contribution in [0.4, 0.5) is 5.69 Å². The average Bonchev–Trinajstić information content (AvgIpc) is 2.87. The van der Waals surface area contributed by atoms with Crippen LogP contribution in [0.2, 0.25) is 0 Å². The van der Waals surface area contributed by atoms with Gasteiger partial charge in [-0.3, -0.25) is 14.9 Å². The molecule has 0 saturated carbocycles. The van der Waals surface area contributed by atoms with Crippen molar-refractivity contribution in [1.29, 1.82) is 5.26 Å². The molecule has 1 aromatic carbocycles. The fourth-order valence-electron chi connectivity index (χ4n) is 1.51. The summed E-state index contributed by atoms with van der Waals surface area (Å²) in [7, 11) is 0. The topological polar surface area (TPSA) is 128 Å². The van der Waals surface area contributed by atoms with Crippen molar-refractivity contribution in [1.82, 2.24) is 9.78 Å². The number of hydrogen-bond acceptors (Lipinski definition) is 5. The molecule has 8 nitrogen and oxygen atoms in total. The lowest BCUT2D eigenvalue weighted by Crippen LogP contribution is -2.09. The van der Waals surface area contributed by atoms with E-state index in [4.69, 9.17) is 11.0 Å². The summed E-state index contributed by atoms with van der Waals surface area (Å²) in [6.07, 6.45) is 2.65. The number of nitro groups is 1. The molecule has 19 heavy (non-hydrogen) atoms. The Labute approximate surface area is 106 Å². The van der Waals surface area contributed by atoms with Crippen molar-refractivity contribution >= 4 is 11.6 Å². The summed E-state index contributed by atoms with van der Waals surface area (Å²) in [4.78, 5) is 21.0. The molecule has 1 amide bonds. The summed E-state index contributed by atoms with van der Waals surface area (Å²) in [6.45, 7) is 0. The Bertz CT molecular complexity index is 713. The van der Waals surface area contributed by atoms with Crippen molar-refractivity contribution in [2.45, 2.75) is 0 Å². The van der Waals surface area contributed by atoms with Gasteiger partial charge >= 0.3 is 0 Å². The number of carbonyl (C=O) groups excluding carboxylic acids is 1. The molecule has 0 saturated heterocycles. The van der Waals surface area contributed by atoms with Crippen molar-refractivity contribution in [3.63, 3.8) is 0 Å². The van der Waals surface area contributed by atoms with Crippen LogP contribution in [0.5, 0.6) is 0 Å². The van der Waals surface area contributed by atoms with Crippen molar-refractivity contribution in [3.8, 4) is 11.8 Å². The highest BCUT2D eigenvalue weighted by Crippen LogP contribution is 2.21. The minimum absolute atomic E-state index is 0.0846. The van der Waals surface area contributed by atoms with Gasteiger partial charge in [0.25, 0.3) is 11.6 Å². The molecule has 94 valence electrons. The zero-order chi connectivity index (χ0) is 14.0. The first-order valence-corrected chi connectivity index (χ1v) is 5.06. The molecule has 0 aliphatic heterocycles. The molecule has 0 aliphatic carbocycles. The minimum Gasteiger partial charge on any atom is -0.366 e. The Morgan fingerprint density at radius 1 is 1.53 bits per heavy atom. The van der Waals surface area contributed by atoms with Crippen LogP contribution in [0.3, 0.4) is 0 Å². The number of benzene rings is 1. The fraction of sp³-hybridized carbons (Fsp3) is 0. The van der Waals surface area contributed by atoms with Crippen molar-refractivity contribution in [2.75, 3.05) is 0 Å². The Hall–Kier alpha value is -3.21. The Balaban J connectivity index is 2.49. The maximum Gasteiger partial charge on any atom is 0.287 e. The van der Waals surface area contributed by atoms with Gasteiger partial charge < -0.3 is 5.73 Å². The molecule has 0 bridgehead atoms. The zero-order valence-electron chi connectivity index (χ0n) is 9.48. The van der Waals surface area contributed by atoms with Crippen molar-refractivity contribution < 1.29 is 9.72 Å². The predicted molar refractivity (Wildman–Crippen MR) is 63.5 cm³/mol. The summed E-state index contributed by atoms with van der Waals surface area (Å²) in [5, 5.41) is 23.5. The van der Waals surface area contributed by atoms with Gasteiger partial charge in [-0.1, -0.05) is 0 Å². The second-order valence-electron chi connectivity index (χ2n) is 3.61. The fourth-order valence-corrected chi connectivity index (χ4v) is 1.51. The molecule has 0 spiro atoms. The van der Waals surface area contributed by atoms with E-state index in [0.717, 1.165) is 0 Å². The number of amides is 1. The first kappa shape index (κ1) is 12.3. The molecule has 2 aromatic rings. The number of rotatable bonds is 3. The Kier molecular flexibility index (Phi) is 2.95. The summed E-state index contributed by atoms with van der Waals surface area (Å²) in [5.74, 6) is -0.631. The predicted octanol–water partition coefficient (Wildman–Crippen LogP) is 0.751. The first-order chi connectivity index (χ1) is 9.02. The zero-order valence-corrected chi connectivity index (χ0v) is 9.48. The van der Waals surface area contributed by atoms with E-state index in [1.165, 1.54) is 35.3 Å². The highest BCUT2D eigenvalue weighted by atomic mass is 16.6. The third kappa shape index (κ3) is 2.25. The SMILES string of the molecule is N#Cc1cc(-n2cc(C(N)=O)cn2)ccc1[N+](=O)[O-]. The van der Waals surface area contributed by atoms with Gasteiger partial charge in [-0.25, -0.2) is 4.68 Å². The molecule has 1 heterocycles. The highest BCUT2D eigenvalue weighted by Gasteiger charge is 2.15. The summed E-state index contributed by atoms with van der Waals surface area (Å²) in [6, 6.07) is 5.69. The van der Waals surface area contributed by atoms with E-state index in [9.17, 15) is 14.9 Å². The number of nitrogens with zero attached hydrogens (tertiary/aromatic N) is 4. The largest absolute Gasteiger partial charge is 0.366 e. The van der Waals surface area contributed by atoms with Crippen LogP contribution in [0.1, 0.15) is 15.9 Å². The normalized spacial score (nSPS) is 9.84. The summed E-state index contributed by atoms with van der Waals surface area (Å²) in [5.41, 5.74) is 5.35. The lowest BCUT2D eigenvalue weighted by Gasteiger charge is -2.01. The number of aromatic nitrogens is 2. The third-order valence-corrected chi connectivity index (χ3v) is 2.43. The maximum absolute atomic E-state index is 10.9. The van der Waals surface area contributed by atoms with Crippen LogP contribution in [-0.4, -0.2) is 20.6 Å². The molecule has 0 radical (unpaired) electrons. The van der Waals surface area contributed by atoms with E-state index < -0.39 is 10.8 Å². The number of primary amides is 1. The number of nitriles is 1. The lowest BCUT2D eigenvalue weighted by molar-refractivity contribution is -0.385. The number of nitro benzene ring substituents is 1. The van der Waals surface area contributed by atoms with Crippen molar-refractivity contribution in [3.05, 3.63) is 51.8 Å². The van der Waals surface area contributed by atoms with Gasteiger partial charge in [0.2, 0.25) is 0 Å². The number of hydrogen-bond donors (Lipinski definition) is 1. The van der Waals surface area contributed by atoms with E-state index in [1.54, 1.807) is 6.07 Å². The minimum atomic E-state index is -0.639. The molecule has 0 atom stereocenters. The monoisotopic (exact) mass is 257 g/mol. The molecule has 8 heteroatoms. The molecule has 0 fully saturated rings. The van der Waals surface area contributed by atoms with Crippen LogP contribution >= 0.6 is 0 Å². The van der Waals surface area contributed by atoms with Gasteiger partial charge in [0, 0.05) is 12.3 Å². The van der Waals surface area contributed by atoms with Gasteiger partial charge in [-0.2, -0.15) is 10.4 Å². The van der Waals surface area contributed by atoms with Crippen molar-refractivity contribution in [2.24, 2.45) is 5.73 Å². The van der Waals surface area contributed by atoms with E-state index >= 15 is 0 Å². The van der Waals surface area contributed by atoms with E-state index in [0.29, 0.717) is 5.69 Å². The van der Waals surface area contributed by atoms with Crippen LogP contribution in [0.25, 0.3) is 5.69 Å². The highest BCUT2D eigenvalue weighted by molar-refractivity contribution is 5.92. The molecular weight excluding hydrogens is 250 g/mol. The van der Waals surface area contributed by atoms with Gasteiger partial charge in [-0.15, -0.1) is 0 Å². The van der Waals surface area contributed by atoms with Gasteiger partial charge in [0.1, 0.15) is 11.6 Å². The van der Waals surface area contributed by atoms with Gasteiger partial charge in [0.15, 0.2) is 0 Å². The molecular formula is C11H7N5O3. The third-order valence-electron chi connectivity index (χ3n) is 2.43. The maximum atomic E-state index is 10.9. The molecule has 2 N–H and O–H groups in total. The standard InChI is InChI=1S/C11H7N5O3/c12-4-7-3-9(1-2-10(7)16(18)19)15-6-8(5-14-15)11(13)17/h1-3,5-6H,(H2,13,17). The lowest BCUT2D eigenvalue weighted by atomic mass is 10.2. The van der Waals surface area contributed by atoms with Gasteiger partial charge in [0.05, 0.1) is 22.4 Å². The Morgan fingerprint density at radius 2 is 2.26 bits per heavy atom. The second-order valence-corrected chi connectivity index (χ2v) is 3.61. The molecule has 2 rings (SSSR count). The number of carbonyl (C=O) groups is 1. The average molecular weight is 257 g/mol.